The van der Waals surface area contributed by atoms with E-state index in [2.05, 4.69) is 31.9 Å². The first kappa shape index (κ1) is 15.5. The molecule has 0 N–H and O–H groups in total. The molecule has 1 amide bonds. The molecule has 0 unspecified atom stereocenters. The number of hydrogen-bond donors (Lipinski definition) is 0. The maximum atomic E-state index is 12.3. The third kappa shape index (κ3) is 4.23. The van der Waals surface area contributed by atoms with Gasteiger partial charge in [-0.05, 0) is 58.2 Å². The molecule has 1 aromatic rings. The van der Waals surface area contributed by atoms with E-state index in [9.17, 15) is 4.79 Å². The molecule has 0 aromatic carbocycles. The quantitative estimate of drug-likeness (QED) is 0.650. The smallest absolute Gasteiger partial charge is 0.264 e. The molecule has 0 aliphatic heterocycles. The normalized spacial score (nSPS) is 10.9. The van der Waals surface area contributed by atoms with E-state index in [0.29, 0.717) is 12.4 Å². The lowest BCUT2D eigenvalue weighted by molar-refractivity contribution is 0.0711. The van der Waals surface area contributed by atoms with E-state index in [0.717, 1.165) is 19.6 Å². The van der Waals surface area contributed by atoms with Gasteiger partial charge in [0.15, 0.2) is 0 Å². The van der Waals surface area contributed by atoms with Gasteiger partial charge in [-0.2, -0.15) is 0 Å². The topological polar surface area (TPSA) is 20.3 Å². The molecular formula is C11H14Br2ClNOS. The zero-order valence-corrected chi connectivity index (χ0v) is 14.4. The van der Waals surface area contributed by atoms with Crippen LogP contribution in [0, 0.1) is 0 Å². The van der Waals surface area contributed by atoms with Gasteiger partial charge in [-0.15, -0.1) is 22.9 Å². The van der Waals surface area contributed by atoms with Crippen LogP contribution in [0.25, 0.3) is 0 Å². The highest BCUT2D eigenvalue weighted by Gasteiger charge is 2.20. The highest BCUT2D eigenvalue weighted by molar-refractivity contribution is 9.13. The fourth-order valence-corrected chi connectivity index (χ4v) is 3.53. The number of halogens is 3. The average Bonchev–Trinajstić information content (AvgIpc) is 2.59. The Balaban J connectivity index is 2.84. The number of alkyl halides is 1. The van der Waals surface area contributed by atoms with Gasteiger partial charge in [0.05, 0.1) is 8.66 Å². The summed E-state index contributed by atoms with van der Waals surface area (Å²) in [6.07, 6.45) is 0.819. The van der Waals surface area contributed by atoms with Crippen LogP contribution < -0.4 is 0 Å². The van der Waals surface area contributed by atoms with Crippen molar-refractivity contribution < 1.29 is 4.79 Å². The molecule has 0 spiro atoms. The fraction of sp³-hybridized carbons (Fsp3) is 0.545. The number of carbonyl (C=O) groups excluding carboxylic acids is 1. The minimum absolute atomic E-state index is 0.0708. The number of amides is 1. The molecule has 0 saturated heterocycles. The number of carbonyl (C=O) groups is 1. The van der Waals surface area contributed by atoms with Crippen LogP contribution in [-0.2, 0) is 0 Å². The standard InChI is InChI=1S/C11H14Br2ClNOS/c1-7(2)15(5-3-4-14)11(16)9-6-8(12)10(13)17-9/h6-7H,3-5H2,1-2H3. The van der Waals surface area contributed by atoms with E-state index in [-0.39, 0.29) is 11.9 Å². The van der Waals surface area contributed by atoms with Gasteiger partial charge >= 0.3 is 0 Å². The molecule has 1 aromatic heterocycles. The molecule has 1 rings (SSSR count). The SMILES string of the molecule is CC(C)N(CCCCl)C(=O)c1cc(Br)c(Br)s1. The van der Waals surface area contributed by atoms with Crippen LogP contribution in [0.2, 0.25) is 0 Å². The lowest BCUT2D eigenvalue weighted by Gasteiger charge is -2.25. The number of rotatable bonds is 5. The third-order valence-corrected chi connectivity index (χ3v) is 5.78. The van der Waals surface area contributed by atoms with Crippen LogP contribution >= 0.6 is 54.8 Å². The summed E-state index contributed by atoms with van der Waals surface area (Å²) >= 11 is 13.9. The maximum Gasteiger partial charge on any atom is 0.264 e. The van der Waals surface area contributed by atoms with E-state index < -0.39 is 0 Å². The van der Waals surface area contributed by atoms with Crippen molar-refractivity contribution in [3.05, 3.63) is 19.2 Å². The second-order valence-electron chi connectivity index (χ2n) is 3.87. The van der Waals surface area contributed by atoms with Crippen molar-refractivity contribution in [2.45, 2.75) is 26.3 Å². The van der Waals surface area contributed by atoms with Crippen molar-refractivity contribution in [1.82, 2.24) is 4.90 Å². The molecule has 0 radical (unpaired) electrons. The molecule has 0 aliphatic carbocycles. The molecule has 0 saturated carbocycles. The Morgan fingerprint density at radius 2 is 2.18 bits per heavy atom. The van der Waals surface area contributed by atoms with E-state index in [1.165, 1.54) is 11.3 Å². The molecule has 1 heterocycles. The van der Waals surface area contributed by atoms with Crippen LogP contribution in [0.1, 0.15) is 29.9 Å². The van der Waals surface area contributed by atoms with Gasteiger partial charge in [0.2, 0.25) is 0 Å². The summed E-state index contributed by atoms with van der Waals surface area (Å²) in [7, 11) is 0. The Morgan fingerprint density at radius 1 is 1.53 bits per heavy atom. The molecule has 17 heavy (non-hydrogen) atoms. The Kier molecular flexibility index (Phi) is 6.48. The van der Waals surface area contributed by atoms with Crippen LogP contribution in [0.4, 0.5) is 0 Å². The van der Waals surface area contributed by atoms with Gasteiger partial charge in [0, 0.05) is 22.9 Å². The van der Waals surface area contributed by atoms with Crippen molar-refractivity contribution in [3.8, 4) is 0 Å². The molecule has 0 atom stereocenters. The minimum atomic E-state index is 0.0708. The van der Waals surface area contributed by atoms with Crippen molar-refractivity contribution in [3.63, 3.8) is 0 Å². The fourth-order valence-electron chi connectivity index (χ4n) is 1.42. The molecule has 0 fully saturated rings. The monoisotopic (exact) mass is 401 g/mol. The second kappa shape index (κ2) is 7.12. The van der Waals surface area contributed by atoms with Gasteiger partial charge in [-0.1, -0.05) is 0 Å². The first-order valence-electron chi connectivity index (χ1n) is 5.29. The molecule has 6 heteroatoms. The summed E-state index contributed by atoms with van der Waals surface area (Å²) in [6.45, 7) is 4.74. The number of nitrogens with zero attached hydrogens (tertiary/aromatic N) is 1. The molecule has 0 aliphatic rings. The molecule has 0 bridgehead atoms. The highest BCUT2D eigenvalue weighted by atomic mass is 79.9. The summed E-state index contributed by atoms with van der Waals surface area (Å²) in [5.41, 5.74) is 0. The summed E-state index contributed by atoms with van der Waals surface area (Å²) in [6, 6.07) is 2.04. The van der Waals surface area contributed by atoms with Crippen molar-refractivity contribution in [1.29, 1.82) is 0 Å². The Hall–Kier alpha value is 0.420. The first-order valence-corrected chi connectivity index (χ1v) is 8.22. The predicted octanol–water partition coefficient (Wildman–Crippen LogP) is 4.75. The highest BCUT2D eigenvalue weighted by Crippen LogP contribution is 2.33. The van der Waals surface area contributed by atoms with Gasteiger partial charge in [-0.3, -0.25) is 4.79 Å². The van der Waals surface area contributed by atoms with Gasteiger partial charge in [-0.25, -0.2) is 0 Å². The van der Waals surface area contributed by atoms with E-state index >= 15 is 0 Å². The summed E-state index contributed by atoms with van der Waals surface area (Å²) in [5.74, 6) is 0.649. The summed E-state index contributed by atoms with van der Waals surface area (Å²) in [5, 5.41) is 0. The third-order valence-electron chi connectivity index (χ3n) is 2.27. The maximum absolute atomic E-state index is 12.3. The van der Waals surface area contributed by atoms with Crippen LogP contribution in [0.3, 0.4) is 0 Å². The summed E-state index contributed by atoms with van der Waals surface area (Å²) in [4.78, 5) is 14.9. The molecular weight excluding hydrogens is 389 g/mol. The molecule has 2 nitrogen and oxygen atoms in total. The lowest BCUT2D eigenvalue weighted by atomic mass is 10.2. The van der Waals surface area contributed by atoms with Crippen LogP contribution in [0.15, 0.2) is 14.3 Å². The largest absolute Gasteiger partial charge is 0.335 e. The average molecular weight is 404 g/mol. The first-order chi connectivity index (χ1) is 7.97. The molecule has 96 valence electrons. The second-order valence-corrected chi connectivity index (χ2v) is 7.47. The summed E-state index contributed by atoms with van der Waals surface area (Å²) < 4.78 is 1.87. The zero-order valence-electron chi connectivity index (χ0n) is 9.67. The predicted molar refractivity (Wildman–Crippen MR) is 81.2 cm³/mol. The van der Waals surface area contributed by atoms with Crippen molar-refractivity contribution in [2.24, 2.45) is 0 Å². The Bertz CT molecular complexity index is 375. The van der Waals surface area contributed by atoms with Crippen LogP contribution in [-0.4, -0.2) is 29.3 Å². The van der Waals surface area contributed by atoms with E-state index in [1.807, 2.05) is 24.8 Å². The minimum Gasteiger partial charge on any atom is -0.335 e. The van der Waals surface area contributed by atoms with Gasteiger partial charge in [0.1, 0.15) is 0 Å². The van der Waals surface area contributed by atoms with Gasteiger partial charge < -0.3 is 4.90 Å². The van der Waals surface area contributed by atoms with E-state index in [1.54, 1.807) is 0 Å². The van der Waals surface area contributed by atoms with Crippen molar-refractivity contribution in [2.75, 3.05) is 12.4 Å². The van der Waals surface area contributed by atoms with Crippen LogP contribution in [0.5, 0.6) is 0 Å². The van der Waals surface area contributed by atoms with Crippen molar-refractivity contribution >= 4 is 60.7 Å². The zero-order chi connectivity index (χ0) is 13.0. The lowest BCUT2D eigenvalue weighted by Crippen LogP contribution is -2.37. The Labute approximate surface area is 128 Å². The Morgan fingerprint density at radius 3 is 2.59 bits per heavy atom. The van der Waals surface area contributed by atoms with E-state index in [4.69, 9.17) is 11.6 Å². The number of hydrogen-bond acceptors (Lipinski definition) is 2. The number of thiophene rings is 1. The van der Waals surface area contributed by atoms with Gasteiger partial charge in [0.25, 0.3) is 5.91 Å².